The summed E-state index contributed by atoms with van der Waals surface area (Å²) in [6.45, 7) is 7.22. The summed E-state index contributed by atoms with van der Waals surface area (Å²) in [5.41, 5.74) is 6.58. The van der Waals surface area contributed by atoms with E-state index in [1.807, 2.05) is 17.0 Å². The van der Waals surface area contributed by atoms with Gasteiger partial charge in [0.15, 0.2) is 5.65 Å². The second kappa shape index (κ2) is 12.2. The van der Waals surface area contributed by atoms with Crippen LogP contribution in [0.3, 0.4) is 0 Å². The first-order chi connectivity index (χ1) is 19.6. The van der Waals surface area contributed by atoms with E-state index >= 15 is 0 Å². The third kappa shape index (κ3) is 6.03. The smallest absolute Gasteiger partial charge is 0.222 e. The fourth-order valence-electron chi connectivity index (χ4n) is 5.33. The highest BCUT2D eigenvalue weighted by Crippen LogP contribution is 2.28. The molecule has 0 saturated carbocycles. The molecule has 7 nitrogen and oxygen atoms in total. The van der Waals surface area contributed by atoms with Crippen molar-refractivity contribution < 1.29 is 4.79 Å². The van der Waals surface area contributed by atoms with Gasteiger partial charge in [0.1, 0.15) is 5.52 Å². The van der Waals surface area contributed by atoms with E-state index in [1.165, 1.54) is 16.7 Å². The van der Waals surface area contributed by atoms with E-state index in [9.17, 15) is 4.79 Å². The molecule has 0 radical (unpaired) electrons. The first-order valence-corrected chi connectivity index (χ1v) is 15.0. The largest absolute Gasteiger partial charge is 0.340 e. The zero-order chi connectivity index (χ0) is 27.3. The Labute approximate surface area is 239 Å². The molecule has 0 spiro atoms. The fourth-order valence-corrected chi connectivity index (χ4v) is 6.05. The van der Waals surface area contributed by atoms with Crippen LogP contribution in [0.2, 0.25) is 0 Å². The highest BCUT2D eigenvalue weighted by atomic mass is 32.2. The van der Waals surface area contributed by atoms with Crippen LogP contribution in [0.1, 0.15) is 29.5 Å². The topological polar surface area (TPSA) is 67.2 Å². The molecule has 1 saturated heterocycles. The molecule has 0 unspecified atom stereocenters. The molecule has 40 heavy (non-hydrogen) atoms. The van der Waals surface area contributed by atoms with E-state index in [2.05, 4.69) is 93.3 Å². The average molecular weight is 551 g/mol. The van der Waals surface area contributed by atoms with Gasteiger partial charge in [-0.1, -0.05) is 90.1 Å². The SMILES string of the molecule is Cc1ccc(Cn2c3ccccc3c3nnc(SCCCC(=O)N4CCN(Cc5ccccc5)CC4)nc32)cc1. The number of fused-ring (bicyclic) bond motifs is 3. The summed E-state index contributed by atoms with van der Waals surface area (Å²) >= 11 is 1.58. The highest BCUT2D eigenvalue weighted by Gasteiger charge is 2.21. The standard InChI is InChI=1S/C32H34N6OS/c1-24-13-15-26(16-14-24)23-38-28-11-6-5-10-27(28)30-31(38)33-32(35-34-30)40-21-7-12-29(39)37-19-17-36(18-20-37)22-25-8-3-2-4-9-25/h2-6,8-11,13-16H,7,12,17-23H2,1H3. The summed E-state index contributed by atoms with van der Waals surface area (Å²) in [6, 6.07) is 27.4. The number of nitrogens with zero attached hydrogens (tertiary/aromatic N) is 6. The minimum absolute atomic E-state index is 0.243. The van der Waals surface area contributed by atoms with Crippen molar-refractivity contribution in [1.29, 1.82) is 0 Å². The molecule has 1 fully saturated rings. The van der Waals surface area contributed by atoms with Crippen LogP contribution in [-0.4, -0.2) is 67.4 Å². The number of piperazine rings is 1. The lowest BCUT2D eigenvalue weighted by Crippen LogP contribution is -2.48. The van der Waals surface area contributed by atoms with Gasteiger partial charge in [-0.25, -0.2) is 4.98 Å². The van der Waals surface area contributed by atoms with Gasteiger partial charge in [-0.15, -0.1) is 10.2 Å². The van der Waals surface area contributed by atoms with Gasteiger partial charge in [0, 0.05) is 56.8 Å². The van der Waals surface area contributed by atoms with Crippen LogP contribution in [0.15, 0.2) is 84.0 Å². The number of aromatic nitrogens is 4. The molecule has 8 heteroatoms. The Hall–Kier alpha value is -3.75. The summed E-state index contributed by atoms with van der Waals surface area (Å²) in [4.78, 5) is 22.2. The Morgan fingerprint density at radius 2 is 1.55 bits per heavy atom. The lowest BCUT2D eigenvalue weighted by atomic mass is 10.1. The maximum atomic E-state index is 12.8. The maximum absolute atomic E-state index is 12.8. The molecule has 3 aromatic carbocycles. The van der Waals surface area contributed by atoms with Crippen LogP contribution in [0.5, 0.6) is 0 Å². The second-order valence-corrected chi connectivity index (χ2v) is 11.5. The van der Waals surface area contributed by atoms with E-state index in [1.54, 1.807) is 11.8 Å². The molecule has 5 aromatic rings. The molecule has 0 N–H and O–H groups in total. The van der Waals surface area contributed by atoms with Crippen molar-refractivity contribution in [2.45, 2.75) is 38.0 Å². The van der Waals surface area contributed by atoms with Crippen molar-refractivity contribution in [3.63, 3.8) is 0 Å². The number of hydrogen-bond donors (Lipinski definition) is 0. The third-order valence-electron chi connectivity index (χ3n) is 7.56. The number of aryl methyl sites for hydroxylation is 1. The summed E-state index contributed by atoms with van der Waals surface area (Å²) in [5, 5.41) is 10.7. The molecule has 1 amide bonds. The van der Waals surface area contributed by atoms with Crippen LogP contribution in [0, 0.1) is 6.92 Å². The number of rotatable bonds is 9. The quantitative estimate of drug-likeness (QED) is 0.177. The highest BCUT2D eigenvalue weighted by molar-refractivity contribution is 7.99. The zero-order valence-electron chi connectivity index (χ0n) is 22.9. The Morgan fingerprint density at radius 3 is 2.35 bits per heavy atom. The monoisotopic (exact) mass is 550 g/mol. The average Bonchev–Trinajstić information content (AvgIpc) is 3.30. The van der Waals surface area contributed by atoms with Crippen LogP contribution in [-0.2, 0) is 17.9 Å². The lowest BCUT2D eigenvalue weighted by molar-refractivity contribution is -0.133. The lowest BCUT2D eigenvalue weighted by Gasteiger charge is -2.34. The van der Waals surface area contributed by atoms with Gasteiger partial charge in [-0.05, 0) is 30.5 Å². The fraction of sp³-hybridized carbons (Fsp3) is 0.312. The Morgan fingerprint density at radius 1 is 0.825 bits per heavy atom. The number of para-hydroxylation sites is 1. The van der Waals surface area contributed by atoms with Gasteiger partial charge in [-0.2, -0.15) is 0 Å². The van der Waals surface area contributed by atoms with E-state index in [0.29, 0.717) is 11.6 Å². The van der Waals surface area contributed by atoms with Crippen molar-refractivity contribution in [2.75, 3.05) is 31.9 Å². The first kappa shape index (κ1) is 26.5. The molecule has 0 aliphatic carbocycles. The second-order valence-electron chi connectivity index (χ2n) is 10.5. The summed E-state index contributed by atoms with van der Waals surface area (Å²) in [6.07, 6.45) is 1.34. The van der Waals surface area contributed by atoms with Crippen LogP contribution >= 0.6 is 11.8 Å². The van der Waals surface area contributed by atoms with Gasteiger partial charge >= 0.3 is 0 Å². The molecule has 1 aliphatic heterocycles. The molecule has 0 bridgehead atoms. The number of benzene rings is 3. The van der Waals surface area contributed by atoms with E-state index in [-0.39, 0.29) is 5.91 Å². The first-order valence-electron chi connectivity index (χ1n) is 14.0. The van der Waals surface area contributed by atoms with Crippen LogP contribution < -0.4 is 0 Å². The zero-order valence-corrected chi connectivity index (χ0v) is 23.7. The third-order valence-corrected chi connectivity index (χ3v) is 8.48. The van der Waals surface area contributed by atoms with Crippen molar-refractivity contribution in [2.24, 2.45) is 0 Å². The van der Waals surface area contributed by atoms with Gasteiger partial charge in [0.25, 0.3) is 0 Å². The van der Waals surface area contributed by atoms with Crippen molar-refractivity contribution in [3.8, 4) is 0 Å². The van der Waals surface area contributed by atoms with Crippen LogP contribution in [0.4, 0.5) is 0 Å². The molecule has 204 valence electrons. The molecule has 3 heterocycles. The maximum Gasteiger partial charge on any atom is 0.222 e. The summed E-state index contributed by atoms with van der Waals surface area (Å²) < 4.78 is 2.23. The van der Waals surface area contributed by atoms with Crippen molar-refractivity contribution >= 4 is 39.7 Å². The van der Waals surface area contributed by atoms with Crippen molar-refractivity contribution in [1.82, 2.24) is 29.5 Å². The number of carbonyl (C=O) groups is 1. The molecule has 6 rings (SSSR count). The van der Waals surface area contributed by atoms with E-state index in [0.717, 1.165) is 73.5 Å². The Balaban J connectivity index is 1.05. The Kier molecular flexibility index (Phi) is 8.07. The number of amides is 1. The molecular weight excluding hydrogens is 516 g/mol. The molecule has 2 aromatic heterocycles. The summed E-state index contributed by atoms with van der Waals surface area (Å²) in [5.74, 6) is 1.03. The Bertz CT molecular complexity index is 1590. The van der Waals surface area contributed by atoms with Gasteiger partial charge in [-0.3, -0.25) is 9.69 Å². The van der Waals surface area contributed by atoms with E-state index < -0.39 is 0 Å². The van der Waals surface area contributed by atoms with Gasteiger partial charge in [0.2, 0.25) is 11.1 Å². The van der Waals surface area contributed by atoms with E-state index in [4.69, 9.17) is 4.98 Å². The number of carbonyl (C=O) groups excluding carboxylic acids is 1. The molecule has 1 aliphatic rings. The normalized spacial score (nSPS) is 14.3. The van der Waals surface area contributed by atoms with Gasteiger partial charge in [0.05, 0.1) is 5.52 Å². The predicted molar refractivity (Wildman–Crippen MR) is 161 cm³/mol. The van der Waals surface area contributed by atoms with Gasteiger partial charge < -0.3 is 9.47 Å². The van der Waals surface area contributed by atoms with Crippen molar-refractivity contribution in [3.05, 3.63) is 95.6 Å². The number of hydrogen-bond acceptors (Lipinski definition) is 6. The number of thioether (sulfide) groups is 1. The minimum atomic E-state index is 0.243. The summed E-state index contributed by atoms with van der Waals surface area (Å²) in [7, 11) is 0. The predicted octanol–water partition coefficient (Wildman–Crippen LogP) is 5.55. The molecular formula is C32H34N6OS. The minimum Gasteiger partial charge on any atom is -0.340 e. The molecule has 0 atom stereocenters. The van der Waals surface area contributed by atoms with Crippen LogP contribution in [0.25, 0.3) is 22.1 Å².